The molecule has 0 aromatic carbocycles. The highest BCUT2D eigenvalue weighted by molar-refractivity contribution is 5.17. The maximum atomic E-state index is 9.03. The summed E-state index contributed by atoms with van der Waals surface area (Å²) >= 11 is 0. The van der Waals surface area contributed by atoms with Crippen LogP contribution in [0.15, 0.2) is 24.4 Å². The molecule has 72 valence electrons. The summed E-state index contributed by atoms with van der Waals surface area (Å²) in [5.74, 6) is 0. The van der Waals surface area contributed by atoms with Crippen LogP contribution in [-0.4, -0.2) is 29.0 Å². The van der Waals surface area contributed by atoms with Gasteiger partial charge in [0, 0.05) is 25.3 Å². The summed E-state index contributed by atoms with van der Waals surface area (Å²) in [7, 11) is 0. The van der Waals surface area contributed by atoms with Gasteiger partial charge in [-0.05, 0) is 12.1 Å². The molecule has 1 saturated heterocycles. The van der Waals surface area contributed by atoms with E-state index in [9.17, 15) is 0 Å². The number of rotatable bonds is 2. The first-order valence-corrected chi connectivity index (χ1v) is 4.61. The minimum Gasteiger partial charge on any atom is -0.325 e. The highest BCUT2D eigenvalue weighted by Gasteiger charge is 2.31. The van der Waals surface area contributed by atoms with E-state index in [0.717, 1.165) is 18.8 Å². The number of nitrogens with two attached hydrogens (primary N) is 1. The van der Waals surface area contributed by atoms with Crippen LogP contribution in [0.4, 0.5) is 0 Å². The number of hydrogen-bond donors (Lipinski definition) is 1. The lowest BCUT2D eigenvalue weighted by atomic mass is 10.0. The second kappa shape index (κ2) is 3.74. The number of nitriles is 1. The smallest absolute Gasteiger partial charge is 0.141 e. The molecule has 0 aliphatic carbocycles. The Balaban J connectivity index is 2.12. The van der Waals surface area contributed by atoms with E-state index in [2.05, 4.69) is 11.1 Å². The first-order valence-electron chi connectivity index (χ1n) is 4.61. The number of nitrogens with zero attached hydrogens (tertiary/aromatic N) is 3. The number of hydrogen-bond acceptors (Lipinski definition) is 4. The fraction of sp³-hybridized carbons (Fsp3) is 0.400. The van der Waals surface area contributed by atoms with Crippen molar-refractivity contribution in [3.63, 3.8) is 0 Å². The third kappa shape index (κ3) is 1.60. The quantitative estimate of drug-likeness (QED) is 0.724. The van der Waals surface area contributed by atoms with Gasteiger partial charge in [-0.25, -0.2) is 0 Å². The molecule has 2 rings (SSSR count). The van der Waals surface area contributed by atoms with E-state index in [1.54, 1.807) is 6.20 Å². The molecule has 0 bridgehead atoms. The molecule has 4 nitrogen and oxygen atoms in total. The summed E-state index contributed by atoms with van der Waals surface area (Å²) in [4.78, 5) is 6.21. The maximum absolute atomic E-state index is 9.03. The summed E-state index contributed by atoms with van der Waals surface area (Å²) in [6.07, 6.45) is 1.71. The zero-order valence-electron chi connectivity index (χ0n) is 7.80. The van der Waals surface area contributed by atoms with Crippen LogP contribution in [-0.2, 0) is 0 Å². The molecular formula is C10H12N4. The van der Waals surface area contributed by atoms with Crippen molar-refractivity contribution in [2.45, 2.75) is 12.1 Å². The van der Waals surface area contributed by atoms with Crippen LogP contribution in [0.5, 0.6) is 0 Å². The van der Waals surface area contributed by atoms with Crippen molar-refractivity contribution >= 4 is 0 Å². The SMILES string of the molecule is N#CC(c1ccccn1)N1CC(N)C1. The van der Waals surface area contributed by atoms with Crippen molar-refractivity contribution in [2.75, 3.05) is 13.1 Å². The molecule has 1 atom stereocenters. The van der Waals surface area contributed by atoms with Crippen molar-refractivity contribution in [3.05, 3.63) is 30.1 Å². The molecule has 1 aromatic rings. The van der Waals surface area contributed by atoms with Crippen molar-refractivity contribution in [1.29, 1.82) is 5.26 Å². The fourth-order valence-corrected chi connectivity index (χ4v) is 1.63. The number of likely N-dealkylation sites (tertiary alicyclic amines) is 1. The van der Waals surface area contributed by atoms with Gasteiger partial charge in [-0.15, -0.1) is 0 Å². The Morgan fingerprint density at radius 2 is 2.36 bits per heavy atom. The lowest BCUT2D eigenvalue weighted by molar-refractivity contribution is 0.119. The van der Waals surface area contributed by atoms with Gasteiger partial charge >= 0.3 is 0 Å². The predicted octanol–water partition coefficient (Wildman–Crippen LogP) is 0.289. The van der Waals surface area contributed by atoms with E-state index in [1.165, 1.54) is 0 Å². The second-order valence-corrected chi connectivity index (χ2v) is 3.50. The Morgan fingerprint density at radius 1 is 1.57 bits per heavy atom. The standard InChI is InChI=1S/C10H12N4/c11-5-10(14-6-8(12)7-14)9-3-1-2-4-13-9/h1-4,8,10H,6-7,12H2. The highest BCUT2D eigenvalue weighted by atomic mass is 15.2. The molecule has 14 heavy (non-hydrogen) atoms. The monoisotopic (exact) mass is 188 g/mol. The Hall–Kier alpha value is -1.44. The third-order valence-corrected chi connectivity index (χ3v) is 2.39. The Kier molecular flexibility index (Phi) is 2.44. The van der Waals surface area contributed by atoms with Crippen LogP contribution >= 0.6 is 0 Å². The van der Waals surface area contributed by atoms with Crippen LogP contribution in [0.3, 0.4) is 0 Å². The van der Waals surface area contributed by atoms with Gasteiger partial charge in [-0.1, -0.05) is 6.07 Å². The Bertz CT molecular complexity index is 337. The molecule has 1 aromatic heterocycles. The molecule has 0 radical (unpaired) electrons. The van der Waals surface area contributed by atoms with Crippen LogP contribution in [0, 0.1) is 11.3 Å². The van der Waals surface area contributed by atoms with Gasteiger partial charge in [0.05, 0.1) is 11.8 Å². The van der Waals surface area contributed by atoms with Gasteiger partial charge in [-0.2, -0.15) is 5.26 Å². The van der Waals surface area contributed by atoms with Crippen LogP contribution in [0.2, 0.25) is 0 Å². The van der Waals surface area contributed by atoms with E-state index in [-0.39, 0.29) is 12.1 Å². The topological polar surface area (TPSA) is 65.9 Å². The van der Waals surface area contributed by atoms with Gasteiger partial charge in [0.25, 0.3) is 0 Å². The molecule has 1 aliphatic heterocycles. The maximum Gasteiger partial charge on any atom is 0.141 e. The Labute approximate surface area is 83.0 Å². The largest absolute Gasteiger partial charge is 0.325 e. The van der Waals surface area contributed by atoms with Gasteiger partial charge in [0.15, 0.2) is 0 Å². The van der Waals surface area contributed by atoms with Crippen LogP contribution < -0.4 is 5.73 Å². The van der Waals surface area contributed by atoms with E-state index >= 15 is 0 Å². The zero-order valence-corrected chi connectivity index (χ0v) is 7.80. The predicted molar refractivity (Wildman–Crippen MR) is 52.1 cm³/mol. The molecular weight excluding hydrogens is 176 g/mol. The van der Waals surface area contributed by atoms with Gasteiger partial charge in [-0.3, -0.25) is 9.88 Å². The molecule has 1 aliphatic rings. The molecule has 1 fully saturated rings. The van der Waals surface area contributed by atoms with E-state index in [1.807, 2.05) is 23.1 Å². The van der Waals surface area contributed by atoms with E-state index in [4.69, 9.17) is 11.0 Å². The molecule has 1 unspecified atom stereocenters. The van der Waals surface area contributed by atoms with Crippen molar-refractivity contribution in [2.24, 2.45) is 5.73 Å². The Morgan fingerprint density at radius 3 is 2.86 bits per heavy atom. The van der Waals surface area contributed by atoms with E-state index < -0.39 is 0 Å². The van der Waals surface area contributed by atoms with Crippen molar-refractivity contribution in [1.82, 2.24) is 9.88 Å². The molecule has 2 heterocycles. The van der Waals surface area contributed by atoms with Gasteiger partial charge in [0.2, 0.25) is 0 Å². The first-order chi connectivity index (χ1) is 6.81. The number of aromatic nitrogens is 1. The van der Waals surface area contributed by atoms with Gasteiger partial charge in [0.1, 0.15) is 6.04 Å². The van der Waals surface area contributed by atoms with Crippen LogP contribution in [0.25, 0.3) is 0 Å². The molecule has 4 heteroatoms. The lowest BCUT2D eigenvalue weighted by Crippen LogP contribution is -2.56. The van der Waals surface area contributed by atoms with Crippen molar-refractivity contribution in [3.8, 4) is 6.07 Å². The average molecular weight is 188 g/mol. The summed E-state index contributed by atoms with van der Waals surface area (Å²) in [5.41, 5.74) is 6.48. The minimum atomic E-state index is -0.240. The number of pyridine rings is 1. The lowest BCUT2D eigenvalue weighted by Gasteiger charge is -2.39. The molecule has 0 spiro atoms. The van der Waals surface area contributed by atoms with Crippen LogP contribution in [0.1, 0.15) is 11.7 Å². The second-order valence-electron chi connectivity index (χ2n) is 3.50. The molecule has 2 N–H and O–H groups in total. The molecule has 0 amide bonds. The highest BCUT2D eigenvalue weighted by Crippen LogP contribution is 2.22. The minimum absolute atomic E-state index is 0.217. The molecule has 0 saturated carbocycles. The van der Waals surface area contributed by atoms with Gasteiger partial charge < -0.3 is 5.73 Å². The van der Waals surface area contributed by atoms with E-state index in [0.29, 0.717) is 0 Å². The first kappa shape index (κ1) is 9.13. The third-order valence-electron chi connectivity index (χ3n) is 2.39. The zero-order chi connectivity index (χ0) is 9.97. The average Bonchev–Trinajstić information content (AvgIpc) is 2.18. The van der Waals surface area contributed by atoms with Crippen molar-refractivity contribution < 1.29 is 0 Å². The summed E-state index contributed by atoms with van der Waals surface area (Å²) in [5, 5.41) is 9.03. The summed E-state index contributed by atoms with van der Waals surface area (Å²) in [6.45, 7) is 1.57. The summed E-state index contributed by atoms with van der Waals surface area (Å²) < 4.78 is 0. The fourth-order valence-electron chi connectivity index (χ4n) is 1.63. The normalized spacial score (nSPS) is 19.7. The summed E-state index contributed by atoms with van der Waals surface area (Å²) in [6, 6.07) is 7.84.